The van der Waals surface area contributed by atoms with E-state index in [0.29, 0.717) is 18.0 Å². The Bertz CT molecular complexity index is 797. The van der Waals surface area contributed by atoms with Crippen molar-refractivity contribution in [3.63, 3.8) is 0 Å². The molecule has 2 bridgehead atoms. The average molecular weight is 530 g/mol. The number of methoxy groups -OCH3 is 1. The Morgan fingerprint density at radius 2 is 1.53 bits per heavy atom. The maximum absolute atomic E-state index is 12.3. The number of benzene rings is 1. The van der Waals surface area contributed by atoms with Crippen LogP contribution in [0, 0.1) is 5.92 Å². The van der Waals surface area contributed by atoms with Gasteiger partial charge < -0.3 is 25.7 Å². The molecule has 169 valence electrons. The first-order valence-electron chi connectivity index (χ1n) is 8.96. The van der Waals surface area contributed by atoms with E-state index in [1.165, 1.54) is 22.6 Å². The van der Waals surface area contributed by atoms with Gasteiger partial charge in [-0.3, -0.25) is 9.69 Å². The molecule has 1 radical (unpaired) electrons. The molecule has 2 fully saturated rings. The van der Waals surface area contributed by atoms with E-state index in [4.69, 9.17) is 25.7 Å². The Hall–Kier alpha value is -1.95. The van der Waals surface area contributed by atoms with Crippen LogP contribution in [0.1, 0.15) is 29.6 Å². The zero-order valence-corrected chi connectivity index (χ0v) is 21.1. The summed E-state index contributed by atoms with van der Waals surface area (Å²) in [6.07, 6.45) is 2.26. The predicted octanol–water partition coefficient (Wildman–Crippen LogP) is 3.84. The number of rotatable bonds is 3. The van der Waals surface area contributed by atoms with Gasteiger partial charge in [-0.25, -0.2) is 4.79 Å². The van der Waals surface area contributed by atoms with Gasteiger partial charge in [0.2, 0.25) is 0 Å². The van der Waals surface area contributed by atoms with Crippen molar-refractivity contribution in [1.29, 1.82) is 0 Å². The van der Waals surface area contributed by atoms with Crippen LogP contribution in [0.3, 0.4) is 0 Å². The van der Waals surface area contributed by atoms with Gasteiger partial charge in [-0.15, -0.1) is 0 Å². The molecule has 0 saturated carbocycles. The molecule has 1 aromatic carbocycles. The van der Waals surface area contributed by atoms with Crippen molar-refractivity contribution in [3.8, 4) is 0 Å². The monoisotopic (exact) mass is 529 g/mol. The molecular formula is C20H21CrN4O4S3. The maximum Gasteiger partial charge on any atom is 3.00 e. The van der Waals surface area contributed by atoms with E-state index in [0.717, 1.165) is 12.8 Å². The van der Waals surface area contributed by atoms with E-state index in [1.54, 1.807) is 24.3 Å². The van der Waals surface area contributed by atoms with E-state index in [-0.39, 0.29) is 35.3 Å². The van der Waals surface area contributed by atoms with Gasteiger partial charge in [0, 0.05) is 18.5 Å². The summed E-state index contributed by atoms with van der Waals surface area (Å²) in [7, 11) is 3.42. The first-order chi connectivity index (χ1) is 14.9. The van der Waals surface area contributed by atoms with Gasteiger partial charge in [0.1, 0.15) is 12.0 Å². The summed E-state index contributed by atoms with van der Waals surface area (Å²) in [4.78, 5) is 26.7. The molecule has 0 aromatic heterocycles. The Balaban J connectivity index is 0. The quantitative estimate of drug-likeness (QED) is 0.329. The molecule has 0 aliphatic carbocycles. The number of carbonyl (C=O) groups is 2. The number of hydrogen-bond donors (Lipinski definition) is 0. The molecule has 32 heavy (non-hydrogen) atoms. The van der Waals surface area contributed by atoms with Crippen LogP contribution < -0.4 is 0 Å². The van der Waals surface area contributed by atoms with E-state index in [2.05, 4.69) is 41.6 Å². The van der Waals surface area contributed by atoms with Crippen LogP contribution in [-0.2, 0) is 31.6 Å². The standard InChI is InChI=1S/C17H21NO4.3CNS.Cr/c1-18-12-8-9-13(18)15(17(20)21-2)14(10-12)22-16(19)11-6-4-3-5-7-11;3*2-1-3;/h3-7,12-15H,8-10H2,1-2H3;;;;/q;3*-1;+3. The number of ether oxygens (including phenoxy) is 2. The summed E-state index contributed by atoms with van der Waals surface area (Å²) >= 11 is 11.1. The van der Waals surface area contributed by atoms with Gasteiger partial charge in [-0.05, 0) is 32.0 Å². The van der Waals surface area contributed by atoms with Crippen molar-refractivity contribution in [3.05, 3.63) is 52.1 Å². The molecule has 12 heteroatoms. The number of thiocarbonyl (C=S) groups is 3. The third kappa shape index (κ3) is 10.1. The number of carbonyl (C=O) groups excluding carboxylic acids is 2. The molecule has 0 N–H and O–H groups in total. The summed E-state index contributed by atoms with van der Waals surface area (Å²) in [5.74, 6) is -1.06. The minimum absolute atomic E-state index is 0. The second-order valence-electron chi connectivity index (χ2n) is 6.33. The van der Waals surface area contributed by atoms with Crippen LogP contribution in [0.25, 0.3) is 16.2 Å². The van der Waals surface area contributed by atoms with E-state index in [9.17, 15) is 9.59 Å². The van der Waals surface area contributed by atoms with Crippen molar-refractivity contribution in [2.75, 3.05) is 14.2 Å². The fourth-order valence-corrected chi connectivity index (χ4v) is 3.77. The number of nitrogens with zero attached hydrogens (tertiary/aromatic N) is 4. The number of hydrogen-bond acceptors (Lipinski definition) is 8. The molecule has 2 saturated heterocycles. The molecule has 2 heterocycles. The first kappa shape index (κ1) is 32.2. The zero-order valence-electron chi connectivity index (χ0n) is 17.4. The Morgan fingerprint density at radius 1 is 1.03 bits per heavy atom. The summed E-state index contributed by atoms with van der Waals surface area (Å²) in [6.45, 7) is 0. The minimum atomic E-state index is -0.408. The third-order valence-corrected chi connectivity index (χ3v) is 4.96. The molecular weight excluding hydrogens is 508 g/mol. The number of piperidine rings is 1. The second-order valence-corrected chi connectivity index (χ2v) is 6.88. The van der Waals surface area contributed by atoms with Gasteiger partial charge in [-0.1, -0.05) is 54.9 Å². The Kier molecular flexibility index (Phi) is 18.7. The summed E-state index contributed by atoms with van der Waals surface area (Å²) < 4.78 is 10.6. The zero-order chi connectivity index (χ0) is 23.8. The van der Waals surface area contributed by atoms with Gasteiger partial charge in [0.25, 0.3) is 0 Å². The topological polar surface area (TPSA) is 123 Å². The van der Waals surface area contributed by atoms with Crippen LogP contribution in [0.2, 0.25) is 0 Å². The SMILES string of the molecule is COC(=O)C1C(OC(=O)c2ccccc2)CC2CCC1N2C.[Cr+3].[N-]=C=S.[N-]=C=S.[N-]=C=S. The van der Waals surface area contributed by atoms with Crippen LogP contribution in [-0.4, -0.2) is 64.7 Å². The molecule has 2 aliphatic heterocycles. The average Bonchev–Trinajstić information content (AvgIpc) is 2.99. The van der Waals surface area contributed by atoms with Gasteiger partial charge in [0.15, 0.2) is 0 Å². The molecule has 4 atom stereocenters. The fourth-order valence-electron chi connectivity index (χ4n) is 3.77. The van der Waals surface area contributed by atoms with Crippen LogP contribution in [0.5, 0.6) is 0 Å². The van der Waals surface area contributed by atoms with Crippen molar-refractivity contribution >= 4 is 64.1 Å². The largest absolute Gasteiger partial charge is 3.00 e. The summed E-state index contributed by atoms with van der Waals surface area (Å²) in [5.41, 5.74) is 0.511. The molecule has 2 aliphatic rings. The van der Waals surface area contributed by atoms with Crippen molar-refractivity contribution in [2.45, 2.75) is 37.5 Å². The summed E-state index contributed by atoms with van der Waals surface area (Å²) in [6, 6.07) is 9.36. The number of esters is 2. The molecule has 1 aromatic rings. The smallest absolute Gasteiger partial charge is 0.753 e. The Labute approximate surface area is 214 Å². The predicted molar refractivity (Wildman–Crippen MR) is 128 cm³/mol. The van der Waals surface area contributed by atoms with Crippen LogP contribution in [0.4, 0.5) is 0 Å². The summed E-state index contributed by atoms with van der Waals surface area (Å²) in [5, 5.41) is 25.4. The molecule has 3 rings (SSSR count). The van der Waals surface area contributed by atoms with Crippen LogP contribution in [0.15, 0.2) is 30.3 Å². The molecule has 0 spiro atoms. The molecule has 8 nitrogen and oxygen atoms in total. The van der Waals surface area contributed by atoms with Gasteiger partial charge in [0.05, 0.1) is 12.7 Å². The fraction of sp³-hybridized carbons (Fsp3) is 0.450. The Morgan fingerprint density at radius 3 is 2.00 bits per heavy atom. The minimum Gasteiger partial charge on any atom is -0.753 e. The van der Waals surface area contributed by atoms with E-state index >= 15 is 0 Å². The number of fused-ring (bicyclic) bond motifs is 2. The number of isothiocyanates is 3. The van der Waals surface area contributed by atoms with Crippen molar-refractivity contribution < 1.29 is 36.4 Å². The third-order valence-electron chi connectivity index (χ3n) is 4.96. The second kappa shape index (κ2) is 18.6. The van der Waals surface area contributed by atoms with Crippen molar-refractivity contribution in [1.82, 2.24) is 4.90 Å². The maximum atomic E-state index is 12.3. The van der Waals surface area contributed by atoms with E-state index in [1.807, 2.05) is 13.1 Å². The van der Waals surface area contributed by atoms with Gasteiger partial charge in [-0.2, -0.15) is 15.5 Å². The van der Waals surface area contributed by atoms with Crippen molar-refractivity contribution in [2.24, 2.45) is 5.92 Å². The molecule has 0 amide bonds. The van der Waals surface area contributed by atoms with E-state index < -0.39 is 12.0 Å². The van der Waals surface area contributed by atoms with Crippen LogP contribution >= 0.6 is 36.7 Å². The van der Waals surface area contributed by atoms with Gasteiger partial charge >= 0.3 is 29.3 Å². The first-order valence-corrected chi connectivity index (χ1v) is 10.2. The molecule has 4 unspecified atom stereocenters. The normalized spacial score (nSPS) is 21.9.